The van der Waals surface area contributed by atoms with Gasteiger partial charge in [0.25, 0.3) is 12.1 Å². The van der Waals surface area contributed by atoms with Crippen molar-refractivity contribution < 1.29 is 41.2 Å². The molecule has 9 nitrogen and oxygen atoms in total. The summed E-state index contributed by atoms with van der Waals surface area (Å²) in [7, 11) is -5.09. The van der Waals surface area contributed by atoms with E-state index in [-0.39, 0.29) is 4.47 Å². The normalized spacial score (nSPS) is 14.2. The number of carboxylic acids is 1. The predicted molar refractivity (Wildman–Crippen MR) is 113 cm³/mol. The lowest BCUT2D eigenvalue weighted by molar-refractivity contribution is -0.387. The van der Waals surface area contributed by atoms with Gasteiger partial charge in [-0.2, -0.15) is 4.72 Å². The minimum Gasteiger partial charge on any atom is -0.479 e. The summed E-state index contributed by atoms with van der Waals surface area (Å²) in [5.74, 6) is -2.80. The monoisotopic (exact) mass is 554 g/mol. The Balaban J connectivity index is 2.74. The van der Waals surface area contributed by atoms with Crippen LogP contribution in [0.5, 0.6) is 0 Å². The van der Waals surface area contributed by atoms with Crippen LogP contribution in [0.1, 0.15) is 19.4 Å². The SMILES string of the molecule is CC(C)(OCC(NS(=O)(=O)c1ccccc1[N+](=O)[O-])(c1cc(Br)ccc1F)C(F)F)C(=O)O. The van der Waals surface area contributed by atoms with Crippen molar-refractivity contribution in [2.45, 2.75) is 36.3 Å². The molecule has 0 heterocycles. The highest BCUT2D eigenvalue weighted by atomic mass is 79.9. The summed E-state index contributed by atoms with van der Waals surface area (Å²) in [6.07, 6.45) is -3.68. The zero-order valence-corrected chi connectivity index (χ0v) is 19.5. The van der Waals surface area contributed by atoms with Gasteiger partial charge in [-0.3, -0.25) is 10.1 Å². The number of ether oxygens (including phenoxy) is 1. The summed E-state index contributed by atoms with van der Waals surface area (Å²) in [4.78, 5) is 20.7. The Kier molecular flexibility index (Phi) is 7.89. The fourth-order valence-electron chi connectivity index (χ4n) is 2.71. The van der Waals surface area contributed by atoms with Crippen LogP contribution in [0.15, 0.2) is 51.8 Å². The van der Waals surface area contributed by atoms with Gasteiger partial charge in [-0.25, -0.2) is 26.4 Å². The number of benzene rings is 2. The molecule has 180 valence electrons. The Bertz CT molecular complexity index is 1180. The van der Waals surface area contributed by atoms with E-state index in [0.29, 0.717) is 0 Å². The highest BCUT2D eigenvalue weighted by Crippen LogP contribution is 2.36. The number of hydrogen-bond acceptors (Lipinski definition) is 6. The molecular formula is C19H18BrF3N2O7S. The first-order valence-electron chi connectivity index (χ1n) is 9.02. The van der Waals surface area contributed by atoms with Gasteiger partial charge in [0.05, 0.1) is 11.5 Å². The molecule has 2 N–H and O–H groups in total. The highest BCUT2D eigenvalue weighted by molar-refractivity contribution is 9.10. The lowest BCUT2D eigenvalue weighted by Gasteiger charge is -2.36. The van der Waals surface area contributed by atoms with Crippen LogP contribution < -0.4 is 4.72 Å². The molecule has 1 unspecified atom stereocenters. The number of nitrogens with one attached hydrogen (secondary N) is 1. The first-order valence-corrected chi connectivity index (χ1v) is 11.3. The standard InChI is InChI=1S/C19H18BrF3N2O7S/c1-18(2,17(26)27)32-10-19(16(22)23,12-9-11(20)7-8-13(12)21)24-33(30,31)15-6-4-3-5-14(15)25(28)29/h3-9,16,24H,10H2,1-2H3,(H,26,27). The minimum atomic E-state index is -5.09. The maximum atomic E-state index is 14.7. The zero-order chi connectivity index (χ0) is 25.2. The number of nitro groups is 1. The number of para-hydroxylation sites is 1. The molecule has 0 bridgehead atoms. The molecule has 0 amide bonds. The number of alkyl halides is 2. The molecule has 0 saturated carbocycles. The molecule has 2 aromatic rings. The fraction of sp³-hybridized carbons (Fsp3) is 0.316. The van der Waals surface area contributed by atoms with E-state index >= 15 is 0 Å². The first-order chi connectivity index (χ1) is 15.1. The van der Waals surface area contributed by atoms with Gasteiger partial charge in [-0.05, 0) is 38.1 Å². The van der Waals surface area contributed by atoms with Crippen molar-refractivity contribution in [3.63, 3.8) is 0 Å². The Morgan fingerprint density at radius 2 is 1.88 bits per heavy atom. The Morgan fingerprint density at radius 3 is 2.42 bits per heavy atom. The number of halogens is 4. The molecule has 0 aliphatic rings. The molecule has 0 radical (unpaired) electrons. The Hall–Kier alpha value is -2.55. The van der Waals surface area contributed by atoms with Crippen LogP contribution in [-0.4, -0.2) is 43.1 Å². The number of carbonyl (C=O) groups is 1. The van der Waals surface area contributed by atoms with Gasteiger partial charge < -0.3 is 9.84 Å². The minimum absolute atomic E-state index is 0.103. The predicted octanol–water partition coefficient (Wildman–Crippen LogP) is 3.82. The summed E-state index contributed by atoms with van der Waals surface area (Å²) >= 11 is 2.99. The summed E-state index contributed by atoms with van der Waals surface area (Å²) in [6.45, 7) is 0.732. The summed E-state index contributed by atoms with van der Waals surface area (Å²) in [6, 6.07) is 6.81. The number of aliphatic carboxylic acids is 1. The van der Waals surface area contributed by atoms with Crippen molar-refractivity contribution in [1.29, 1.82) is 0 Å². The topological polar surface area (TPSA) is 136 Å². The van der Waals surface area contributed by atoms with Gasteiger partial charge in [-0.1, -0.05) is 28.1 Å². The Labute approximate surface area is 194 Å². The van der Waals surface area contributed by atoms with E-state index in [0.717, 1.165) is 44.2 Å². The van der Waals surface area contributed by atoms with Gasteiger partial charge in [0.15, 0.2) is 10.5 Å². The maximum Gasteiger partial charge on any atom is 0.335 e. The van der Waals surface area contributed by atoms with Gasteiger partial charge in [-0.15, -0.1) is 0 Å². The second kappa shape index (κ2) is 9.75. The van der Waals surface area contributed by atoms with Gasteiger partial charge in [0, 0.05) is 16.1 Å². The third-order valence-corrected chi connectivity index (χ3v) is 6.68. The van der Waals surface area contributed by atoms with E-state index in [9.17, 15) is 41.6 Å². The average Bonchev–Trinajstić information content (AvgIpc) is 2.72. The van der Waals surface area contributed by atoms with E-state index in [4.69, 9.17) is 4.74 Å². The fourth-order valence-corrected chi connectivity index (χ4v) is 4.60. The van der Waals surface area contributed by atoms with Crippen LogP contribution in [0.2, 0.25) is 0 Å². The number of nitrogens with zero attached hydrogens (tertiary/aromatic N) is 1. The van der Waals surface area contributed by atoms with Gasteiger partial charge in [0.2, 0.25) is 10.0 Å². The lowest BCUT2D eigenvalue weighted by Crippen LogP contribution is -2.56. The molecular weight excluding hydrogens is 537 g/mol. The van der Waals surface area contributed by atoms with Crippen molar-refractivity contribution in [1.82, 2.24) is 4.72 Å². The van der Waals surface area contributed by atoms with E-state index in [2.05, 4.69) is 15.9 Å². The van der Waals surface area contributed by atoms with E-state index in [1.165, 1.54) is 12.1 Å². The number of sulfonamides is 1. The summed E-state index contributed by atoms with van der Waals surface area (Å²) in [5.41, 5.74) is -6.99. The van der Waals surface area contributed by atoms with E-state index in [1.54, 1.807) is 4.72 Å². The molecule has 1 atom stereocenters. The van der Waals surface area contributed by atoms with Crippen molar-refractivity contribution >= 4 is 37.6 Å². The van der Waals surface area contributed by atoms with Gasteiger partial charge >= 0.3 is 5.97 Å². The van der Waals surface area contributed by atoms with Crippen LogP contribution in [0.25, 0.3) is 0 Å². The largest absolute Gasteiger partial charge is 0.479 e. The molecule has 2 rings (SSSR count). The van der Waals surface area contributed by atoms with Gasteiger partial charge in [0.1, 0.15) is 11.4 Å². The van der Waals surface area contributed by atoms with Crippen LogP contribution in [0, 0.1) is 15.9 Å². The van der Waals surface area contributed by atoms with Crippen LogP contribution in [-0.2, 0) is 25.1 Å². The summed E-state index contributed by atoms with van der Waals surface area (Å²) < 4.78 is 76.8. The Morgan fingerprint density at radius 1 is 1.27 bits per heavy atom. The molecule has 0 aliphatic heterocycles. The zero-order valence-electron chi connectivity index (χ0n) is 17.1. The molecule has 0 aliphatic carbocycles. The van der Waals surface area contributed by atoms with Crippen LogP contribution >= 0.6 is 15.9 Å². The number of hydrogen-bond donors (Lipinski definition) is 2. The molecule has 0 saturated heterocycles. The first kappa shape index (κ1) is 26.7. The molecule has 0 spiro atoms. The highest BCUT2D eigenvalue weighted by Gasteiger charge is 2.50. The van der Waals surface area contributed by atoms with Crippen molar-refractivity contribution in [2.24, 2.45) is 0 Å². The van der Waals surface area contributed by atoms with Crippen molar-refractivity contribution in [3.8, 4) is 0 Å². The van der Waals surface area contributed by atoms with E-state index < -0.39 is 67.1 Å². The van der Waals surface area contributed by atoms with Crippen molar-refractivity contribution in [2.75, 3.05) is 6.61 Å². The molecule has 33 heavy (non-hydrogen) atoms. The second-order valence-corrected chi connectivity index (χ2v) is 9.90. The molecule has 0 aromatic heterocycles. The smallest absolute Gasteiger partial charge is 0.335 e. The third kappa shape index (κ3) is 5.69. The molecule has 2 aromatic carbocycles. The number of rotatable bonds is 10. The maximum absolute atomic E-state index is 14.7. The van der Waals surface area contributed by atoms with Crippen molar-refractivity contribution in [3.05, 3.63) is 68.4 Å². The summed E-state index contributed by atoms with van der Waals surface area (Å²) in [5, 5.41) is 20.5. The van der Waals surface area contributed by atoms with Crippen LogP contribution in [0.4, 0.5) is 18.9 Å². The number of nitro benzene ring substituents is 1. The second-order valence-electron chi connectivity index (χ2n) is 7.33. The van der Waals surface area contributed by atoms with Crippen LogP contribution in [0.3, 0.4) is 0 Å². The average molecular weight is 555 g/mol. The third-order valence-electron chi connectivity index (χ3n) is 4.63. The molecule has 0 fully saturated rings. The van der Waals surface area contributed by atoms with E-state index in [1.807, 2.05) is 0 Å². The quantitative estimate of drug-likeness (QED) is 0.336. The number of carboxylic acid groups (broad SMARTS) is 1. The lowest BCUT2D eigenvalue weighted by atomic mass is 9.91. The molecule has 14 heteroatoms.